The van der Waals surface area contributed by atoms with Gasteiger partial charge in [0.05, 0.1) is 35.7 Å². The van der Waals surface area contributed by atoms with E-state index in [0.29, 0.717) is 38.8 Å². The second kappa shape index (κ2) is 9.44. The Labute approximate surface area is 202 Å². The number of methoxy groups -OCH3 is 1. The molecule has 0 atom stereocenters. The number of alkyl halides is 2. The minimum Gasteiger partial charge on any atom is -0.497 e. The van der Waals surface area contributed by atoms with Crippen molar-refractivity contribution in [2.75, 3.05) is 12.0 Å². The first kappa shape index (κ1) is 22.4. The molecular weight excluding hydrogens is 478 g/mol. The standard InChI is InChI=1S/C25H18F2N2O3S2/c1-31-17-8-11-19-15(14-32-21(19)13-17)12-23(30)29(16-6-9-18(10-7-16)33-24(26)27)25-28-20-4-2-3-5-22(20)34-25/h2-11,13-14,24H,12H2,1H3. The number of amides is 1. The van der Waals surface area contributed by atoms with Gasteiger partial charge >= 0.3 is 0 Å². The number of carbonyl (C=O) groups excluding carboxylic acids is 1. The average molecular weight is 497 g/mol. The largest absolute Gasteiger partial charge is 0.497 e. The molecule has 0 aliphatic carbocycles. The van der Waals surface area contributed by atoms with Crippen LogP contribution < -0.4 is 9.64 Å². The molecule has 2 aromatic heterocycles. The Balaban J connectivity index is 1.51. The summed E-state index contributed by atoms with van der Waals surface area (Å²) in [5.74, 6) is -2.06. The lowest BCUT2D eigenvalue weighted by Gasteiger charge is -2.20. The molecule has 34 heavy (non-hydrogen) atoms. The zero-order valence-electron chi connectivity index (χ0n) is 17.9. The number of thiazole rings is 1. The highest BCUT2D eigenvalue weighted by Crippen LogP contribution is 2.36. The van der Waals surface area contributed by atoms with Gasteiger partial charge in [0.15, 0.2) is 5.13 Å². The van der Waals surface area contributed by atoms with Crippen molar-refractivity contribution in [1.29, 1.82) is 0 Å². The maximum absolute atomic E-state index is 13.6. The van der Waals surface area contributed by atoms with E-state index in [1.54, 1.807) is 43.7 Å². The summed E-state index contributed by atoms with van der Waals surface area (Å²) >= 11 is 1.86. The molecule has 9 heteroatoms. The minimum atomic E-state index is -2.51. The van der Waals surface area contributed by atoms with Gasteiger partial charge < -0.3 is 9.15 Å². The van der Waals surface area contributed by atoms with Crippen LogP contribution in [0.15, 0.2) is 82.3 Å². The van der Waals surface area contributed by atoms with Gasteiger partial charge in [-0.1, -0.05) is 35.2 Å². The van der Waals surface area contributed by atoms with Crippen molar-refractivity contribution in [2.24, 2.45) is 0 Å². The number of rotatable bonds is 7. The number of carbonyl (C=O) groups is 1. The Hall–Kier alpha value is -3.43. The Bertz CT molecular complexity index is 1430. The molecule has 0 spiro atoms. The molecule has 1 amide bonds. The molecule has 0 aliphatic rings. The highest BCUT2D eigenvalue weighted by Gasteiger charge is 2.24. The van der Waals surface area contributed by atoms with Crippen LogP contribution in [0.4, 0.5) is 19.6 Å². The van der Waals surface area contributed by atoms with E-state index in [0.717, 1.165) is 21.2 Å². The molecule has 5 aromatic rings. The third kappa shape index (κ3) is 4.49. The maximum atomic E-state index is 13.6. The summed E-state index contributed by atoms with van der Waals surface area (Å²) in [6, 6.07) is 19.6. The number of ether oxygens (including phenoxy) is 1. The fourth-order valence-electron chi connectivity index (χ4n) is 3.66. The van der Waals surface area contributed by atoms with E-state index in [2.05, 4.69) is 4.98 Å². The van der Waals surface area contributed by atoms with Crippen molar-refractivity contribution in [1.82, 2.24) is 4.98 Å². The highest BCUT2D eigenvalue weighted by atomic mass is 32.2. The van der Waals surface area contributed by atoms with Crippen molar-refractivity contribution in [2.45, 2.75) is 17.1 Å². The van der Waals surface area contributed by atoms with Gasteiger partial charge in [0, 0.05) is 21.9 Å². The van der Waals surface area contributed by atoms with Gasteiger partial charge in [-0.05, 0) is 48.5 Å². The Morgan fingerprint density at radius 3 is 2.68 bits per heavy atom. The van der Waals surface area contributed by atoms with Crippen molar-refractivity contribution in [3.63, 3.8) is 0 Å². The van der Waals surface area contributed by atoms with Crippen LogP contribution in [0, 0.1) is 0 Å². The van der Waals surface area contributed by atoms with Crippen LogP contribution in [-0.4, -0.2) is 23.8 Å². The monoisotopic (exact) mass is 496 g/mol. The summed E-state index contributed by atoms with van der Waals surface area (Å²) in [4.78, 5) is 20.2. The van der Waals surface area contributed by atoms with E-state index >= 15 is 0 Å². The molecule has 0 N–H and O–H groups in total. The zero-order valence-corrected chi connectivity index (χ0v) is 19.5. The predicted octanol–water partition coefficient (Wildman–Crippen LogP) is 7.27. The van der Waals surface area contributed by atoms with Crippen LogP contribution in [0.5, 0.6) is 5.75 Å². The number of fused-ring (bicyclic) bond motifs is 2. The molecule has 5 rings (SSSR count). The number of aromatic nitrogens is 1. The summed E-state index contributed by atoms with van der Waals surface area (Å²) in [7, 11) is 1.58. The first-order valence-corrected chi connectivity index (χ1v) is 12.0. The van der Waals surface area contributed by atoms with E-state index in [1.807, 2.05) is 36.4 Å². The van der Waals surface area contributed by atoms with Gasteiger partial charge in [0.2, 0.25) is 5.91 Å². The van der Waals surface area contributed by atoms with E-state index in [4.69, 9.17) is 9.15 Å². The van der Waals surface area contributed by atoms with Crippen LogP contribution in [-0.2, 0) is 11.2 Å². The fraction of sp³-hybridized carbons (Fsp3) is 0.120. The van der Waals surface area contributed by atoms with Crippen LogP contribution in [0.3, 0.4) is 0 Å². The second-order valence-electron chi connectivity index (χ2n) is 7.37. The van der Waals surface area contributed by atoms with Gasteiger partial charge in [-0.15, -0.1) is 0 Å². The normalized spacial score (nSPS) is 11.4. The van der Waals surface area contributed by atoms with Crippen molar-refractivity contribution >= 4 is 61.0 Å². The number of furan rings is 1. The average Bonchev–Trinajstić information content (AvgIpc) is 3.43. The van der Waals surface area contributed by atoms with Crippen LogP contribution in [0.2, 0.25) is 0 Å². The van der Waals surface area contributed by atoms with Gasteiger partial charge in [-0.3, -0.25) is 9.69 Å². The lowest BCUT2D eigenvalue weighted by Crippen LogP contribution is -2.27. The molecule has 0 radical (unpaired) electrons. The van der Waals surface area contributed by atoms with Crippen LogP contribution >= 0.6 is 23.1 Å². The molecule has 0 fully saturated rings. The van der Waals surface area contributed by atoms with E-state index in [9.17, 15) is 13.6 Å². The second-order valence-corrected chi connectivity index (χ2v) is 9.44. The van der Waals surface area contributed by atoms with Crippen LogP contribution in [0.1, 0.15) is 5.56 Å². The molecule has 5 nitrogen and oxygen atoms in total. The van der Waals surface area contributed by atoms with Crippen molar-refractivity contribution in [3.05, 3.63) is 78.6 Å². The lowest BCUT2D eigenvalue weighted by atomic mass is 10.1. The Morgan fingerprint density at radius 2 is 1.94 bits per heavy atom. The van der Waals surface area contributed by atoms with Gasteiger partial charge in [-0.2, -0.15) is 8.78 Å². The summed E-state index contributed by atoms with van der Waals surface area (Å²) in [6.07, 6.45) is 1.64. The molecule has 0 saturated carbocycles. The molecule has 0 unspecified atom stereocenters. The number of nitrogens with zero attached hydrogens (tertiary/aromatic N) is 2. The quantitative estimate of drug-likeness (QED) is 0.222. The smallest absolute Gasteiger partial charge is 0.288 e. The molecule has 0 saturated heterocycles. The third-order valence-electron chi connectivity index (χ3n) is 5.25. The number of halogens is 2. The number of para-hydroxylation sites is 1. The van der Waals surface area contributed by atoms with Crippen molar-refractivity contribution < 1.29 is 22.7 Å². The third-order valence-corrected chi connectivity index (χ3v) is 6.99. The topological polar surface area (TPSA) is 55.6 Å². The predicted molar refractivity (Wildman–Crippen MR) is 132 cm³/mol. The van der Waals surface area contributed by atoms with Crippen molar-refractivity contribution in [3.8, 4) is 5.75 Å². The van der Waals surface area contributed by atoms with Gasteiger partial charge in [-0.25, -0.2) is 4.98 Å². The molecule has 0 aliphatic heterocycles. The fourth-order valence-corrected chi connectivity index (χ4v) is 5.17. The van der Waals surface area contributed by atoms with E-state index < -0.39 is 5.76 Å². The van der Waals surface area contributed by atoms with Gasteiger partial charge in [0.1, 0.15) is 11.3 Å². The molecular formula is C25H18F2N2O3S2. The number of thioether (sulfide) groups is 1. The zero-order chi connectivity index (χ0) is 23.7. The summed E-state index contributed by atoms with van der Waals surface area (Å²) in [6.45, 7) is 0. The summed E-state index contributed by atoms with van der Waals surface area (Å²) < 4.78 is 37.3. The maximum Gasteiger partial charge on any atom is 0.288 e. The number of anilines is 2. The first-order valence-electron chi connectivity index (χ1n) is 10.3. The lowest BCUT2D eigenvalue weighted by molar-refractivity contribution is -0.117. The summed E-state index contributed by atoms with van der Waals surface area (Å²) in [5.41, 5.74) is 2.70. The molecule has 2 heterocycles. The first-order chi connectivity index (χ1) is 16.5. The number of hydrogen-bond donors (Lipinski definition) is 0. The van der Waals surface area contributed by atoms with Gasteiger partial charge in [0.25, 0.3) is 5.76 Å². The minimum absolute atomic E-state index is 0.0722. The molecule has 3 aromatic carbocycles. The Morgan fingerprint density at radius 1 is 1.15 bits per heavy atom. The molecule has 0 bridgehead atoms. The van der Waals surface area contributed by atoms with E-state index in [-0.39, 0.29) is 12.3 Å². The Kier molecular flexibility index (Phi) is 6.21. The van der Waals surface area contributed by atoms with E-state index in [1.165, 1.54) is 16.2 Å². The summed E-state index contributed by atoms with van der Waals surface area (Å²) in [5, 5.41) is 1.33. The number of hydrogen-bond acceptors (Lipinski definition) is 6. The number of benzene rings is 3. The van der Waals surface area contributed by atoms with Crippen LogP contribution in [0.25, 0.3) is 21.2 Å². The SMILES string of the molecule is COc1ccc2c(CC(=O)N(c3ccc(SC(F)F)cc3)c3nc4ccccc4s3)coc2c1. The highest BCUT2D eigenvalue weighted by molar-refractivity contribution is 7.99. The molecule has 172 valence electrons.